The molecular weight excluding hydrogens is 254 g/mol. The third-order valence-corrected chi connectivity index (χ3v) is 2.52. The summed E-state index contributed by atoms with van der Waals surface area (Å²) in [5.74, 6) is -0.266. The molecule has 97 valence electrons. The van der Waals surface area contributed by atoms with E-state index in [0.29, 0.717) is 29.3 Å². The molecule has 1 aromatic carbocycles. The second-order valence-corrected chi connectivity index (χ2v) is 3.84. The van der Waals surface area contributed by atoms with E-state index in [-0.39, 0.29) is 12.4 Å². The van der Waals surface area contributed by atoms with Gasteiger partial charge in [-0.2, -0.15) is 0 Å². The summed E-state index contributed by atoms with van der Waals surface area (Å²) in [4.78, 5) is 16.1. The van der Waals surface area contributed by atoms with Crippen molar-refractivity contribution in [1.82, 2.24) is 0 Å². The Hall–Kier alpha value is -1.55. The minimum absolute atomic E-state index is 0.237. The molecule has 0 saturated carbocycles. The van der Waals surface area contributed by atoms with Gasteiger partial charge in [0.2, 0.25) is 0 Å². The number of hydrogen-bond donors (Lipinski definition) is 0. The number of nitrogens with zero attached hydrogens (tertiary/aromatic N) is 1. The molecule has 0 aliphatic carbocycles. The van der Waals surface area contributed by atoms with E-state index in [2.05, 4.69) is 11.2 Å². The van der Waals surface area contributed by atoms with Crippen molar-refractivity contribution < 1.29 is 14.4 Å². The largest absolute Gasteiger partial charge is 0.466 e. The lowest BCUT2D eigenvalue weighted by Gasteiger charge is -2.07. The summed E-state index contributed by atoms with van der Waals surface area (Å²) in [5, 5.41) is 4.44. The first-order chi connectivity index (χ1) is 8.69. The van der Waals surface area contributed by atoms with Gasteiger partial charge in [-0.25, -0.2) is 0 Å². The van der Waals surface area contributed by atoms with Crippen LogP contribution in [0, 0.1) is 6.07 Å². The second kappa shape index (κ2) is 7.71. The number of oxime groups is 1. The van der Waals surface area contributed by atoms with Gasteiger partial charge in [-0.05, 0) is 25.1 Å². The highest BCUT2D eigenvalue weighted by atomic mass is 35.5. The van der Waals surface area contributed by atoms with Crippen LogP contribution in [0.4, 0.5) is 0 Å². The Morgan fingerprint density at radius 1 is 1.50 bits per heavy atom. The van der Waals surface area contributed by atoms with Crippen molar-refractivity contribution in [3.8, 4) is 0 Å². The Bertz CT molecular complexity index is 432. The number of halogens is 1. The fourth-order valence-corrected chi connectivity index (χ4v) is 1.65. The maximum absolute atomic E-state index is 11.3. The van der Waals surface area contributed by atoms with Gasteiger partial charge in [-0.15, -0.1) is 0 Å². The lowest BCUT2D eigenvalue weighted by atomic mass is 10.1. The third kappa shape index (κ3) is 4.37. The molecule has 0 aliphatic rings. The Labute approximate surface area is 112 Å². The smallest absolute Gasteiger partial charge is 0.306 e. The summed E-state index contributed by atoms with van der Waals surface area (Å²) in [5.41, 5.74) is 1.32. The molecule has 18 heavy (non-hydrogen) atoms. The second-order valence-electron chi connectivity index (χ2n) is 3.43. The van der Waals surface area contributed by atoms with E-state index in [1.807, 2.05) is 0 Å². The van der Waals surface area contributed by atoms with E-state index in [1.165, 1.54) is 7.11 Å². The average molecular weight is 269 g/mol. The molecule has 0 spiro atoms. The fraction of sp³-hybridized carbons (Fsp3) is 0.385. The quantitative estimate of drug-likeness (QED) is 0.453. The first kappa shape index (κ1) is 14.5. The molecule has 1 radical (unpaired) electrons. The van der Waals surface area contributed by atoms with Crippen LogP contribution in [0.5, 0.6) is 0 Å². The summed E-state index contributed by atoms with van der Waals surface area (Å²) in [7, 11) is 1.45. The minimum atomic E-state index is -0.266. The summed E-state index contributed by atoms with van der Waals surface area (Å²) in [6, 6.07) is 8.05. The van der Waals surface area contributed by atoms with Crippen molar-refractivity contribution in [3.05, 3.63) is 34.9 Å². The highest BCUT2D eigenvalue weighted by Gasteiger charge is 2.11. The van der Waals surface area contributed by atoms with Gasteiger partial charge in [0.15, 0.2) is 0 Å². The van der Waals surface area contributed by atoms with E-state index < -0.39 is 0 Å². The van der Waals surface area contributed by atoms with Gasteiger partial charge < -0.3 is 9.57 Å². The van der Waals surface area contributed by atoms with E-state index in [0.717, 1.165) is 0 Å². The Balaban J connectivity index is 2.76. The average Bonchev–Trinajstić information content (AvgIpc) is 2.36. The molecule has 0 heterocycles. The third-order valence-electron chi connectivity index (χ3n) is 2.19. The van der Waals surface area contributed by atoms with E-state index >= 15 is 0 Å². The lowest BCUT2D eigenvalue weighted by molar-refractivity contribution is -0.142. The monoisotopic (exact) mass is 268 g/mol. The molecular formula is C13H15ClNO3. The molecule has 0 amide bonds. The summed E-state index contributed by atoms with van der Waals surface area (Å²) in [6.45, 7) is 2.14. The number of carbonyl (C=O) groups excluding carboxylic acids is 1. The van der Waals surface area contributed by atoms with Crippen molar-refractivity contribution in [2.24, 2.45) is 5.16 Å². The van der Waals surface area contributed by atoms with E-state index in [9.17, 15) is 4.79 Å². The zero-order chi connectivity index (χ0) is 13.4. The zero-order valence-electron chi connectivity index (χ0n) is 10.4. The predicted molar refractivity (Wildman–Crippen MR) is 69.7 cm³/mol. The molecule has 0 N–H and O–H groups in total. The molecule has 5 heteroatoms. The molecule has 1 aromatic rings. The number of esters is 1. The summed E-state index contributed by atoms with van der Waals surface area (Å²) >= 11 is 6.06. The first-order valence-electron chi connectivity index (χ1n) is 5.60. The van der Waals surface area contributed by atoms with Gasteiger partial charge >= 0.3 is 5.97 Å². The van der Waals surface area contributed by atoms with Crippen LogP contribution in [0.1, 0.15) is 25.3 Å². The van der Waals surface area contributed by atoms with Crippen LogP contribution >= 0.6 is 11.6 Å². The Kier molecular flexibility index (Phi) is 6.22. The molecule has 0 unspecified atom stereocenters. The predicted octanol–water partition coefficient (Wildman–Crippen LogP) is 2.83. The van der Waals surface area contributed by atoms with Gasteiger partial charge in [0.1, 0.15) is 7.11 Å². The molecule has 0 fully saturated rings. The Morgan fingerprint density at radius 2 is 2.28 bits per heavy atom. The highest BCUT2D eigenvalue weighted by Crippen LogP contribution is 2.18. The highest BCUT2D eigenvalue weighted by molar-refractivity contribution is 6.34. The fourth-order valence-electron chi connectivity index (χ4n) is 1.43. The Morgan fingerprint density at radius 3 is 2.89 bits per heavy atom. The number of hydrogen-bond acceptors (Lipinski definition) is 4. The molecule has 0 atom stereocenters. The lowest BCUT2D eigenvalue weighted by Crippen LogP contribution is -2.09. The van der Waals surface area contributed by atoms with E-state index in [1.54, 1.807) is 25.1 Å². The van der Waals surface area contributed by atoms with Gasteiger partial charge in [-0.3, -0.25) is 4.79 Å². The van der Waals surface area contributed by atoms with E-state index in [4.69, 9.17) is 21.2 Å². The van der Waals surface area contributed by atoms with Crippen LogP contribution in [-0.4, -0.2) is 25.4 Å². The number of benzene rings is 1. The number of rotatable bonds is 6. The van der Waals surface area contributed by atoms with Crippen LogP contribution in [0.15, 0.2) is 23.4 Å². The van der Waals surface area contributed by atoms with Crippen LogP contribution in [0.3, 0.4) is 0 Å². The van der Waals surface area contributed by atoms with Crippen molar-refractivity contribution in [2.45, 2.75) is 19.8 Å². The topological polar surface area (TPSA) is 47.9 Å². The zero-order valence-corrected chi connectivity index (χ0v) is 11.2. The number of carbonyl (C=O) groups is 1. The van der Waals surface area contributed by atoms with Crippen LogP contribution in [-0.2, 0) is 14.4 Å². The van der Waals surface area contributed by atoms with Gasteiger partial charge in [0.05, 0.1) is 18.7 Å². The van der Waals surface area contributed by atoms with Crippen molar-refractivity contribution in [2.75, 3.05) is 13.7 Å². The molecule has 4 nitrogen and oxygen atoms in total. The number of ether oxygens (including phenoxy) is 1. The van der Waals surface area contributed by atoms with Crippen LogP contribution < -0.4 is 0 Å². The summed E-state index contributed by atoms with van der Waals surface area (Å²) in [6.07, 6.45) is 0.644. The maximum Gasteiger partial charge on any atom is 0.306 e. The minimum Gasteiger partial charge on any atom is -0.466 e. The standard InChI is InChI=1S/C13H15ClNO3/c1-3-18-13(16)9-8-12(15-17-2)10-6-4-5-7-11(10)14/h5-7H,3,8-9H2,1-2H3. The molecule has 1 rings (SSSR count). The van der Waals surface area contributed by atoms with Crippen LogP contribution in [0.25, 0.3) is 0 Å². The van der Waals surface area contributed by atoms with Gasteiger partial charge in [-0.1, -0.05) is 22.8 Å². The van der Waals surface area contributed by atoms with Crippen LogP contribution in [0.2, 0.25) is 5.02 Å². The van der Waals surface area contributed by atoms with Crippen molar-refractivity contribution in [3.63, 3.8) is 0 Å². The van der Waals surface area contributed by atoms with Crippen molar-refractivity contribution >= 4 is 23.3 Å². The maximum atomic E-state index is 11.3. The van der Waals surface area contributed by atoms with Crippen molar-refractivity contribution in [1.29, 1.82) is 0 Å². The molecule has 0 aliphatic heterocycles. The van der Waals surface area contributed by atoms with Gasteiger partial charge in [0, 0.05) is 17.0 Å². The molecule has 0 aromatic heterocycles. The first-order valence-corrected chi connectivity index (χ1v) is 5.98. The van der Waals surface area contributed by atoms with Gasteiger partial charge in [0.25, 0.3) is 0 Å². The summed E-state index contributed by atoms with van der Waals surface area (Å²) < 4.78 is 4.86. The SMILES string of the molecule is CCOC(=O)CCC(=NOC)c1c[c]ccc1Cl. The molecule has 0 bridgehead atoms. The molecule has 0 saturated heterocycles. The normalized spacial score (nSPS) is 11.2.